The van der Waals surface area contributed by atoms with Gasteiger partial charge in [-0.2, -0.15) is 0 Å². The van der Waals surface area contributed by atoms with Crippen molar-refractivity contribution in [2.24, 2.45) is 0 Å². The van der Waals surface area contributed by atoms with E-state index in [2.05, 4.69) is 5.32 Å². The molecule has 0 radical (unpaired) electrons. The third-order valence-corrected chi connectivity index (χ3v) is 4.32. The van der Waals surface area contributed by atoms with E-state index < -0.39 is 46.6 Å². The maximum absolute atomic E-state index is 14.3. The third kappa shape index (κ3) is 2.36. The first-order valence-corrected chi connectivity index (χ1v) is 7.61. The molecule has 1 unspecified atom stereocenters. The molecule has 0 heterocycles. The summed E-state index contributed by atoms with van der Waals surface area (Å²) < 4.78 is 55.8. The van der Waals surface area contributed by atoms with Gasteiger partial charge < -0.3 is 5.32 Å². The first-order chi connectivity index (χ1) is 11.0. The van der Waals surface area contributed by atoms with Crippen molar-refractivity contribution in [3.8, 4) is 0 Å². The number of carbonyl (C=O) groups excluding carboxylic acids is 1. The number of halogens is 4. The van der Waals surface area contributed by atoms with Crippen LogP contribution in [0.4, 0.5) is 17.6 Å². The van der Waals surface area contributed by atoms with Crippen LogP contribution in [0, 0.1) is 23.3 Å². The molecular weight excluding hydrogens is 322 g/mol. The predicted molar refractivity (Wildman–Crippen MR) is 81.5 cm³/mol. The zero-order chi connectivity index (χ0) is 18.0. The maximum atomic E-state index is 14.3. The Morgan fingerprint density at radius 2 is 1.42 bits per heavy atom. The molecule has 24 heavy (non-hydrogen) atoms. The lowest BCUT2D eigenvalue weighted by Crippen LogP contribution is -2.43. The average molecular weight is 339 g/mol. The van der Waals surface area contributed by atoms with Crippen LogP contribution < -0.4 is 5.32 Å². The van der Waals surface area contributed by atoms with Crippen molar-refractivity contribution in [2.75, 3.05) is 0 Å². The summed E-state index contributed by atoms with van der Waals surface area (Å²) >= 11 is 0. The van der Waals surface area contributed by atoms with E-state index in [0.29, 0.717) is 5.57 Å². The zero-order valence-electron chi connectivity index (χ0n) is 13.7. The summed E-state index contributed by atoms with van der Waals surface area (Å²) in [7, 11) is 0. The largest absolute Gasteiger partial charge is 0.348 e. The molecule has 2 bridgehead atoms. The summed E-state index contributed by atoms with van der Waals surface area (Å²) in [5, 5.41) is 2.76. The SMILES string of the molecule is CC1=C[C@@H]2C(C(=O)NC(C)(C)C)=CC1c1c(F)c(F)c(F)c(F)c12. The quantitative estimate of drug-likeness (QED) is 0.353. The molecule has 1 aromatic rings. The molecule has 128 valence electrons. The molecule has 0 aromatic heterocycles. The second-order valence-electron chi connectivity index (χ2n) is 7.28. The maximum Gasteiger partial charge on any atom is 0.248 e. The zero-order valence-corrected chi connectivity index (χ0v) is 13.7. The minimum Gasteiger partial charge on any atom is -0.348 e. The number of nitrogens with one attached hydrogen (secondary N) is 1. The smallest absolute Gasteiger partial charge is 0.248 e. The Labute approximate surface area is 137 Å². The van der Waals surface area contributed by atoms with Crippen molar-refractivity contribution < 1.29 is 22.4 Å². The van der Waals surface area contributed by atoms with Gasteiger partial charge in [0.25, 0.3) is 0 Å². The van der Waals surface area contributed by atoms with Gasteiger partial charge in [0, 0.05) is 34.1 Å². The highest BCUT2D eigenvalue weighted by atomic mass is 19.2. The molecular formula is C18H17F4NO. The monoisotopic (exact) mass is 339 g/mol. The van der Waals surface area contributed by atoms with Gasteiger partial charge in [-0.1, -0.05) is 17.7 Å². The summed E-state index contributed by atoms with van der Waals surface area (Å²) in [6.07, 6.45) is 3.10. The lowest BCUT2D eigenvalue weighted by Gasteiger charge is -2.37. The van der Waals surface area contributed by atoms with Crippen LogP contribution >= 0.6 is 0 Å². The van der Waals surface area contributed by atoms with Gasteiger partial charge >= 0.3 is 0 Å². The first kappa shape index (κ1) is 16.7. The molecule has 3 aliphatic rings. The number of hydrogen-bond donors (Lipinski definition) is 1. The molecule has 0 saturated heterocycles. The summed E-state index contributed by atoms with van der Waals surface area (Å²) in [5.74, 6) is -8.64. The summed E-state index contributed by atoms with van der Waals surface area (Å²) in [6.45, 7) is 7.05. The number of amides is 1. The Balaban J connectivity index is 2.16. The van der Waals surface area contributed by atoms with Crippen LogP contribution in [0.15, 0.2) is 23.3 Å². The summed E-state index contributed by atoms with van der Waals surface area (Å²) in [4.78, 5) is 12.5. The fraction of sp³-hybridized carbons (Fsp3) is 0.389. The Morgan fingerprint density at radius 3 is 1.92 bits per heavy atom. The number of rotatable bonds is 1. The second-order valence-corrected chi connectivity index (χ2v) is 7.28. The van der Waals surface area contributed by atoms with E-state index in [1.807, 2.05) is 0 Å². The van der Waals surface area contributed by atoms with Gasteiger partial charge in [-0.3, -0.25) is 4.79 Å². The minimum absolute atomic E-state index is 0.219. The van der Waals surface area contributed by atoms with Crippen molar-refractivity contribution in [1.82, 2.24) is 5.32 Å². The molecule has 0 fully saturated rings. The van der Waals surface area contributed by atoms with Crippen molar-refractivity contribution in [1.29, 1.82) is 0 Å². The third-order valence-electron chi connectivity index (χ3n) is 4.32. The molecule has 0 saturated carbocycles. The standard InChI is InChI=1S/C18H17F4NO/c1-7-5-9-10(17(24)23-18(2,3)4)6-8(7)11-12(9)14(20)16(22)15(21)13(11)19/h5-6,8-9H,1-4H3,(H,23,24)/t8?,9-/m1/s1. The average Bonchev–Trinajstić information content (AvgIpc) is 2.48. The van der Waals surface area contributed by atoms with Gasteiger partial charge in [-0.25, -0.2) is 17.6 Å². The molecule has 2 nitrogen and oxygen atoms in total. The Hall–Kier alpha value is -2.11. The van der Waals surface area contributed by atoms with Crippen LogP contribution in [0.25, 0.3) is 0 Å². The van der Waals surface area contributed by atoms with Crippen LogP contribution in [-0.4, -0.2) is 11.4 Å². The van der Waals surface area contributed by atoms with Crippen LogP contribution in [0.3, 0.4) is 0 Å². The Bertz CT molecular complexity index is 818. The highest BCUT2D eigenvalue weighted by molar-refractivity contribution is 5.97. The van der Waals surface area contributed by atoms with E-state index in [1.165, 1.54) is 6.08 Å². The van der Waals surface area contributed by atoms with Crippen molar-refractivity contribution in [2.45, 2.75) is 45.1 Å². The van der Waals surface area contributed by atoms with Crippen molar-refractivity contribution >= 4 is 5.91 Å². The van der Waals surface area contributed by atoms with Crippen LogP contribution in [0.5, 0.6) is 0 Å². The Kier molecular flexibility index (Phi) is 3.62. The van der Waals surface area contributed by atoms with E-state index >= 15 is 0 Å². The van der Waals surface area contributed by atoms with Crippen molar-refractivity contribution in [3.63, 3.8) is 0 Å². The molecule has 1 N–H and O–H groups in total. The topological polar surface area (TPSA) is 29.1 Å². The van der Waals surface area contributed by atoms with E-state index in [1.54, 1.807) is 33.8 Å². The fourth-order valence-electron chi connectivity index (χ4n) is 3.32. The van der Waals surface area contributed by atoms with Gasteiger partial charge in [-0.15, -0.1) is 0 Å². The molecule has 4 rings (SSSR count). The molecule has 0 aliphatic heterocycles. The van der Waals surface area contributed by atoms with Gasteiger partial charge in [0.1, 0.15) is 0 Å². The fourth-order valence-corrected chi connectivity index (χ4v) is 3.32. The lowest BCUT2D eigenvalue weighted by molar-refractivity contribution is -0.119. The highest BCUT2D eigenvalue weighted by Gasteiger charge is 2.42. The molecule has 1 aromatic carbocycles. The van der Waals surface area contributed by atoms with Crippen LogP contribution in [-0.2, 0) is 4.79 Å². The number of allylic oxidation sites excluding steroid dienone is 3. The Morgan fingerprint density at radius 1 is 0.917 bits per heavy atom. The highest BCUT2D eigenvalue weighted by Crippen LogP contribution is 2.50. The van der Waals surface area contributed by atoms with E-state index in [9.17, 15) is 22.4 Å². The van der Waals surface area contributed by atoms with Gasteiger partial charge in [-0.05, 0) is 27.7 Å². The summed E-state index contributed by atoms with van der Waals surface area (Å²) in [5.41, 5.74) is -0.137. The first-order valence-electron chi connectivity index (χ1n) is 7.61. The predicted octanol–water partition coefficient (Wildman–Crippen LogP) is 4.22. The molecule has 1 amide bonds. The molecule has 0 spiro atoms. The van der Waals surface area contributed by atoms with E-state index in [0.717, 1.165) is 0 Å². The van der Waals surface area contributed by atoms with E-state index in [4.69, 9.17) is 0 Å². The lowest BCUT2D eigenvalue weighted by atomic mass is 9.68. The second kappa shape index (κ2) is 5.19. The number of benzene rings is 1. The van der Waals surface area contributed by atoms with Crippen LogP contribution in [0.2, 0.25) is 0 Å². The number of hydrogen-bond acceptors (Lipinski definition) is 1. The minimum atomic E-state index is -1.85. The van der Waals surface area contributed by atoms with Gasteiger partial charge in [0.15, 0.2) is 23.3 Å². The van der Waals surface area contributed by atoms with Gasteiger partial charge in [0.2, 0.25) is 5.91 Å². The normalized spacial score (nSPS) is 22.0. The van der Waals surface area contributed by atoms with Crippen molar-refractivity contribution in [3.05, 3.63) is 57.7 Å². The summed E-state index contributed by atoms with van der Waals surface area (Å²) in [6, 6.07) is 0. The molecule has 2 atom stereocenters. The molecule has 6 heteroatoms. The molecule has 3 aliphatic carbocycles. The van der Waals surface area contributed by atoms with Gasteiger partial charge in [0.05, 0.1) is 0 Å². The van der Waals surface area contributed by atoms with E-state index in [-0.39, 0.29) is 16.7 Å². The number of carbonyl (C=O) groups is 1. The van der Waals surface area contributed by atoms with Crippen LogP contribution in [0.1, 0.15) is 50.7 Å².